The van der Waals surface area contributed by atoms with E-state index in [1.807, 2.05) is 25.9 Å². The highest BCUT2D eigenvalue weighted by molar-refractivity contribution is 9.10. The molecule has 16 heavy (non-hydrogen) atoms. The van der Waals surface area contributed by atoms with Gasteiger partial charge in [-0.15, -0.1) is 0 Å². The van der Waals surface area contributed by atoms with Gasteiger partial charge in [0.1, 0.15) is 0 Å². The van der Waals surface area contributed by atoms with Crippen molar-refractivity contribution in [1.82, 2.24) is 4.90 Å². The number of hydrogen-bond acceptors (Lipinski definition) is 3. The molecule has 0 aromatic heterocycles. The molecule has 0 fully saturated rings. The summed E-state index contributed by atoms with van der Waals surface area (Å²) in [5.41, 5.74) is 1.68. The molecule has 0 saturated heterocycles. The number of nitrogens with zero attached hydrogens (tertiary/aromatic N) is 2. The zero-order chi connectivity index (χ0) is 12.3. The summed E-state index contributed by atoms with van der Waals surface area (Å²) in [5, 5.41) is 10.9. The summed E-state index contributed by atoms with van der Waals surface area (Å²) < 4.78 is 0.764. The van der Waals surface area contributed by atoms with Gasteiger partial charge in [0, 0.05) is 24.6 Å². The topological polar surface area (TPSA) is 46.4 Å². The van der Waals surface area contributed by atoms with E-state index in [0.717, 1.165) is 10.0 Å². The number of aryl methyl sites for hydroxylation is 1. The maximum atomic E-state index is 10.9. The van der Waals surface area contributed by atoms with Crippen molar-refractivity contribution < 1.29 is 4.92 Å². The minimum atomic E-state index is -0.375. The fourth-order valence-corrected chi connectivity index (χ4v) is 1.70. The highest BCUT2D eigenvalue weighted by Gasteiger charge is 2.15. The first-order valence-electron chi connectivity index (χ1n) is 4.71. The molecule has 4 nitrogen and oxygen atoms in total. The van der Waals surface area contributed by atoms with Crippen molar-refractivity contribution in [3.05, 3.63) is 44.0 Å². The predicted octanol–water partition coefficient (Wildman–Crippen LogP) is 3.20. The number of rotatable bonds is 3. The smallest absolute Gasteiger partial charge is 0.277 e. The van der Waals surface area contributed by atoms with Crippen LogP contribution in [0.25, 0.3) is 6.08 Å². The lowest BCUT2D eigenvalue weighted by atomic mass is 10.1. The standard InChI is InChI=1S/C11H13BrN2O2/c1-8-4-5-10(14(15)16)9(11(8)12)6-7-13(2)3/h4-7H,1-3H3. The Labute approximate surface area is 103 Å². The quantitative estimate of drug-likeness (QED) is 0.633. The fourth-order valence-electron chi connectivity index (χ4n) is 1.23. The van der Waals surface area contributed by atoms with Crippen LogP contribution in [0.5, 0.6) is 0 Å². The number of hydrogen-bond donors (Lipinski definition) is 0. The average Bonchev–Trinajstić information content (AvgIpc) is 2.19. The Bertz CT molecular complexity index is 442. The van der Waals surface area contributed by atoms with Gasteiger partial charge in [-0.05, 0) is 40.7 Å². The van der Waals surface area contributed by atoms with Gasteiger partial charge in [-0.1, -0.05) is 6.07 Å². The average molecular weight is 285 g/mol. The zero-order valence-electron chi connectivity index (χ0n) is 9.40. The molecule has 0 atom stereocenters. The summed E-state index contributed by atoms with van der Waals surface area (Å²) in [6, 6.07) is 3.25. The first-order valence-corrected chi connectivity index (χ1v) is 5.51. The lowest BCUT2D eigenvalue weighted by Gasteiger charge is -2.06. The number of nitro groups is 1. The van der Waals surface area contributed by atoms with Crippen LogP contribution in [-0.4, -0.2) is 23.9 Å². The van der Waals surface area contributed by atoms with Gasteiger partial charge < -0.3 is 4.90 Å². The molecule has 0 saturated carbocycles. The Morgan fingerprint density at radius 3 is 2.56 bits per heavy atom. The van der Waals surface area contributed by atoms with E-state index in [1.165, 1.54) is 6.07 Å². The summed E-state index contributed by atoms with van der Waals surface area (Å²) >= 11 is 3.38. The molecule has 0 bridgehead atoms. The molecule has 5 heteroatoms. The molecule has 0 unspecified atom stereocenters. The van der Waals surface area contributed by atoms with Gasteiger partial charge in [0.2, 0.25) is 0 Å². The first-order chi connectivity index (χ1) is 7.43. The Balaban J connectivity index is 3.32. The van der Waals surface area contributed by atoms with Crippen molar-refractivity contribution in [1.29, 1.82) is 0 Å². The van der Waals surface area contributed by atoms with E-state index < -0.39 is 0 Å². The zero-order valence-corrected chi connectivity index (χ0v) is 11.0. The fraction of sp³-hybridized carbons (Fsp3) is 0.273. The van der Waals surface area contributed by atoms with E-state index in [-0.39, 0.29) is 10.6 Å². The lowest BCUT2D eigenvalue weighted by molar-refractivity contribution is -0.385. The normalized spacial score (nSPS) is 10.8. The minimum Gasteiger partial charge on any atom is -0.383 e. The van der Waals surface area contributed by atoms with Crippen LogP contribution in [0.15, 0.2) is 22.8 Å². The third-order valence-electron chi connectivity index (χ3n) is 2.09. The molecular weight excluding hydrogens is 272 g/mol. The Kier molecular flexibility index (Phi) is 4.06. The van der Waals surface area contributed by atoms with Crippen LogP contribution in [0.3, 0.4) is 0 Å². The van der Waals surface area contributed by atoms with E-state index in [0.29, 0.717) is 5.56 Å². The summed E-state index contributed by atoms with van der Waals surface area (Å²) in [4.78, 5) is 12.3. The second-order valence-corrected chi connectivity index (χ2v) is 4.46. The lowest BCUT2D eigenvalue weighted by Crippen LogP contribution is -2.00. The number of halogens is 1. The molecule has 0 amide bonds. The van der Waals surface area contributed by atoms with Crippen LogP contribution in [0.1, 0.15) is 11.1 Å². The maximum absolute atomic E-state index is 10.9. The van der Waals surface area contributed by atoms with Crippen LogP contribution in [0.2, 0.25) is 0 Å². The van der Waals surface area contributed by atoms with Crippen LogP contribution < -0.4 is 0 Å². The van der Waals surface area contributed by atoms with Gasteiger partial charge in [0.05, 0.1) is 10.5 Å². The molecule has 0 aliphatic carbocycles. The van der Waals surface area contributed by atoms with Gasteiger partial charge in [-0.25, -0.2) is 0 Å². The van der Waals surface area contributed by atoms with Crippen molar-refractivity contribution in [2.75, 3.05) is 14.1 Å². The maximum Gasteiger partial charge on any atom is 0.277 e. The summed E-state index contributed by atoms with van der Waals surface area (Å²) in [6.07, 6.45) is 3.52. The van der Waals surface area contributed by atoms with Gasteiger partial charge in [0.15, 0.2) is 0 Å². The molecule has 1 aromatic carbocycles. The number of benzene rings is 1. The second-order valence-electron chi connectivity index (χ2n) is 3.67. The highest BCUT2D eigenvalue weighted by Crippen LogP contribution is 2.30. The molecule has 1 rings (SSSR count). The first kappa shape index (κ1) is 12.7. The minimum absolute atomic E-state index is 0.107. The van der Waals surface area contributed by atoms with E-state index in [4.69, 9.17) is 0 Å². The van der Waals surface area contributed by atoms with Crippen molar-refractivity contribution in [3.63, 3.8) is 0 Å². The van der Waals surface area contributed by atoms with E-state index in [2.05, 4.69) is 15.9 Å². The van der Waals surface area contributed by atoms with Crippen LogP contribution in [0.4, 0.5) is 5.69 Å². The molecule has 0 spiro atoms. The van der Waals surface area contributed by atoms with Gasteiger partial charge in [-0.2, -0.15) is 0 Å². The monoisotopic (exact) mass is 284 g/mol. The molecule has 0 radical (unpaired) electrons. The third kappa shape index (κ3) is 2.82. The summed E-state index contributed by atoms with van der Waals surface area (Å²) in [6.45, 7) is 1.90. The molecule has 1 aromatic rings. The van der Waals surface area contributed by atoms with E-state index in [9.17, 15) is 10.1 Å². The van der Waals surface area contributed by atoms with Crippen LogP contribution in [0, 0.1) is 17.0 Å². The van der Waals surface area contributed by atoms with Crippen molar-refractivity contribution >= 4 is 27.7 Å². The van der Waals surface area contributed by atoms with Gasteiger partial charge in [0.25, 0.3) is 5.69 Å². The largest absolute Gasteiger partial charge is 0.383 e. The highest BCUT2D eigenvalue weighted by atomic mass is 79.9. The summed E-state index contributed by atoms with van der Waals surface area (Å²) in [5.74, 6) is 0. The molecular formula is C11H13BrN2O2. The second kappa shape index (κ2) is 5.12. The summed E-state index contributed by atoms with van der Waals surface area (Å²) in [7, 11) is 3.73. The van der Waals surface area contributed by atoms with E-state index in [1.54, 1.807) is 18.3 Å². The predicted molar refractivity (Wildman–Crippen MR) is 68.3 cm³/mol. The van der Waals surface area contributed by atoms with Crippen molar-refractivity contribution in [3.8, 4) is 0 Å². The Morgan fingerprint density at radius 2 is 2.06 bits per heavy atom. The number of nitro benzene ring substituents is 1. The SMILES string of the molecule is Cc1ccc([N+](=O)[O-])c(C=CN(C)C)c1Br. The molecule has 0 aliphatic rings. The van der Waals surface area contributed by atoms with Crippen LogP contribution in [-0.2, 0) is 0 Å². The van der Waals surface area contributed by atoms with Gasteiger partial charge in [-0.3, -0.25) is 10.1 Å². The van der Waals surface area contributed by atoms with Gasteiger partial charge >= 0.3 is 0 Å². The van der Waals surface area contributed by atoms with Crippen molar-refractivity contribution in [2.45, 2.75) is 6.92 Å². The van der Waals surface area contributed by atoms with Crippen molar-refractivity contribution in [2.24, 2.45) is 0 Å². The molecule has 0 heterocycles. The molecule has 0 N–H and O–H groups in total. The van der Waals surface area contributed by atoms with Crippen LogP contribution >= 0.6 is 15.9 Å². The Morgan fingerprint density at radius 1 is 1.44 bits per heavy atom. The Hall–Kier alpha value is -1.36. The molecule has 86 valence electrons. The third-order valence-corrected chi connectivity index (χ3v) is 3.14. The molecule has 0 aliphatic heterocycles. The van der Waals surface area contributed by atoms with E-state index >= 15 is 0 Å².